The van der Waals surface area contributed by atoms with Crippen LogP contribution in [0.5, 0.6) is 0 Å². The molecule has 0 aliphatic carbocycles. The summed E-state index contributed by atoms with van der Waals surface area (Å²) in [6.45, 7) is 0.568. The van der Waals surface area contributed by atoms with E-state index in [0.717, 1.165) is 11.3 Å². The third kappa shape index (κ3) is 2.67. The van der Waals surface area contributed by atoms with Crippen molar-refractivity contribution < 1.29 is 14.3 Å². The summed E-state index contributed by atoms with van der Waals surface area (Å²) in [6, 6.07) is 13.8. The van der Waals surface area contributed by atoms with Crippen LogP contribution in [0, 0.1) is 11.3 Å². The van der Waals surface area contributed by atoms with Crippen LogP contribution in [0.1, 0.15) is 31.8 Å². The lowest BCUT2D eigenvalue weighted by Crippen LogP contribution is -2.28. The number of hydrogen-bond donors (Lipinski definition) is 0. The molecule has 0 aromatic heterocycles. The topological polar surface area (TPSA) is 70.4 Å². The molecule has 1 aliphatic heterocycles. The van der Waals surface area contributed by atoms with Gasteiger partial charge in [0.15, 0.2) is 0 Å². The summed E-state index contributed by atoms with van der Waals surface area (Å²) in [7, 11) is 1.34. The molecule has 0 bridgehead atoms. The van der Waals surface area contributed by atoms with Crippen molar-refractivity contribution in [2.45, 2.75) is 6.42 Å². The second kappa shape index (κ2) is 5.93. The summed E-state index contributed by atoms with van der Waals surface area (Å²) in [5, 5.41) is 8.82. The van der Waals surface area contributed by atoms with Gasteiger partial charge in [-0.25, -0.2) is 4.79 Å². The number of fused-ring (bicyclic) bond motifs is 1. The number of anilines is 1. The minimum atomic E-state index is -0.385. The molecule has 3 rings (SSSR count). The van der Waals surface area contributed by atoms with Crippen LogP contribution in [0.15, 0.2) is 42.5 Å². The molecule has 1 heterocycles. The van der Waals surface area contributed by atoms with E-state index in [2.05, 4.69) is 0 Å². The van der Waals surface area contributed by atoms with Crippen molar-refractivity contribution in [2.24, 2.45) is 0 Å². The average molecular weight is 306 g/mol. The summed E-state index contributed by atoms with van der Waals surface area (Å²) < 4.78 is 4.72. The molecule has 0 spiro atoms. The summed E-state index contributed by atoms with van der Waals surface area (Å²) in [5.74, 6) is -0.497. The molecule has 1 amide bonds. The molecule has 23 heavy (non-hydrogen) atoms. The number of esters is 1. The first-order chi connectivity index (χ1) is 11.1. The van der Waals surface area contributed by atoms with Gasteiger partial charge in [0.25, 0.3) is 5.91 Å². The molecule has 0 saturated carbocycles. The molecule has 114 valence electrons. The molecule has 5 nitrogen and oxygen atoms in total. The van der Waals surface area contributed by atoms with Gasteiger partial charge in [-0.05, 0) is 54.4 Å². The van der Waals surface area contributed by atoms with Crippen LogP contribution in [0.3, 0.4) is 0 Å². The van der Waals surface area contributed by atoms with Crippen LogP contribution >= 0.6 is 0 Å². The number of amides is 1. The predicted molar refractivity (Wildman–Crippen MR) is 84.3 cm³/mol. The van der Waals surface area contributed by atoms with E-state index >= 15 is 0 Å². The average Bonchev–Trinajstić information content (AvgIpc) is 3.03. The van der Waals surface area contributed by atoms with E-state index in [4.69, 9.17) is 10.00 Å². The van der Waals surface area contributed by atoms with Gasteiger partial charge in [-0.15, -0.1) is 0 Å². The molecule has 0 N–H and O–H groups in total. The summed E-state index contributed by atoms with van der Waals surface area (Å²) in [5.41, 5.74) is 3.31. The summed E-state index contributed by atoms with van der Waals surface area (Å²) in [4.78, 5) is 25.9. The lowest BCUT2D eigenvalue weighted by Gasteiger charge is -2.17. The fraction of sp³-hybridized carbons (Fsp3) is 0.167. The molecule has 1 aliphatic rings. The number of carbonyl (C=O) groups excluding carboxylic acids is 2. The smallest absolute Gasteiger partial charge is 0.337 e. The highest BCUT2D eigenvalue weighted by molar-refractivity contribution is 6.07. The first kappa shape index (κ1) is 14.8. The van der Waals surface area contributed by atoms with Gasteiger partial charge < -0.3 is 9.64 Å². The van der Waals surface area contributed by atoms with Gasteiger partial charge >= 0.3 is 5.97 Å². The van der Waals surface area contributed by atoms with Crippen LogP contribution < -0.4 is 4.90 Å². The van der Waals surface area contributed by atoms with Gasteiger partial charge in [-0.1, -0.05) is 0 Å². The quantitative estimate of drug-likeness (QED) is 0.799. The van der Waals surface area contributed by atoms with E-state index in [1.165, 1.54) is 7.11 Å². The Labute approximate surface area is 133 Å². The molecule has 0 radical (unpaired) electrons. The first-order valence-corrected chi connectivity index (χ1v) is 7.17. The molecule has 2 aromatic rings. The summed E-state index contributed by atoms with van der Waals surface area (Å²) in [6.07, 6.45) is 0.697. The van der Waals surface area contributed by atoms with Crippen molar-refractivity contribution in [3.63, 3.8) is 0 Å². The van der Waals surface area contributed by atoms with Crippen LogP contribution in [-0.2, 0) is 11.2 Å². The standard InChI is InChI=1S/C18H14N2O3/c1-23-18(22)15-6-7-16-14(10-15)8-9-20(16)17(21)13-4-2-12(11-19)3-5-13/h2-7,10H,8-9H2,1H3. The van der Waals surface area contributed by atoms with Gasteiger partial charge in [0.2, 0.25) is 0 Å². The van der Waals surface area contributed by atoms with Gasteiger partial charge in [-0.2, -0.15) is 5.26 Å². The van der Waals surface area contributed by atoms with Crippen LogP contribution in [0.2, 0.25) is 0 Å². The second-order valence-corrected chi connectivity index (χ2v) is 5.23. The molecule has 0 unspecified atom stereocenters. The van der Waals surface area contributed by atoms with E-state index < -0.39 is 0 Å². The zero-order chi connectivity index (χ0) is 16.4. The van der Waals surface area contributed by atoms with E-state index in [1.807, 2.05) is 6.07 Å². The Balaban J connectivity index is 1.88. The van der Waals surface area contributed by atoms with Gasteiger partial charge in [-0.3, -0.25) is 4.79 Å². The van der Waals surface area contributed by atoms with E-state index in [9.17, 15) is 9.59 Å². The van der Waals surface area contributed by atoms with E-state index in [0.29, 0.717) is 29.7 Å². The monoisotopic (exact) mass is 306 g/mol. The fourth-order valence-corrected chi connectivity index (χ4v) is 2.70. The highest BCUT2D eigenvalue weighted by Crippen LogP contribution is 2.30. The molecule has 0 atom stereocenters. The van der Waals surface area contributed by atoms with E-state index in [1.54, 1.807) is 47.4 Å². The Hall–Kier alpha value is -3.13. The first-order valence-electron chi connectivity index (χ1n) is 7.17. The van der Waals surface area contributed by atoms with Crippen molar-refractivity contribution in [1.29, 1.82) is 5.26 Å². The number of benzene rings is 2. The summed E-state index contributed by atoms with van der Waals surface area (Å²) >= 11 is 0. The van der Waals surface area contributed by atoms with Crippen molar-refractivity contribution in [2.75, 3.05) is 18.6 Å². The van der Waals surface area contributed by atoms with Crippen LogP contribution in [0.25, 0.3) is 0 Å². The Bertz CT molecular complexity index is 819. The number of nitrogens with zero attached hydrogens (tertiary/aromatic N) is 2. The molecular formula is C18H14N2O3. The second-order valence-electron chi connectivity index (χ2n) is 5.23. The number of rotatable bonds is 2. The zero-order valence-corrected chi connectivity index (χ0v) is 12.6. The molecule has 5 heteroatoms. The SMILES string of the molecule is COC(=O)c1ccc2c(c1)CCN2C(=O)c1ccc(C#N)cc1. The van der Waals surface area contributed by atoms with Gasteiger partial charge in [0, 0.05) is 17.8 Å². The van der Waals surface area contributed by atoms with Crippen molar-refractivity contribution in [3.8, 4) is 6.07 Å². The van der Waals surface area contributed by atoms with Crippen molar-refractivity contribution in [1.82, 2.24) is 0 Å². The van der Waals surface area contributed by atoms with Crippen molar-refractivity contribution in [3.05, 3.63) is 64.7 Å². The van der Waals surface area contributed by atoms with Gasteiger partial charge in [0.1, 0.15) is 0 Å². The maximum absolute atomic E-state index is 12.6. The fourth-order valence-electron chi connectivity index (χ4n) is 2.70. The Morgan fingerprint density at radius 1 is 1.13 bits per heavy atom. The molecule has 0 saturated heterocycles. The van der Waals surface area contributed by atoms with Crippen molar-refractivity contribution >= 4 is 17.6 Å². The lowest BCUT2D eigenvalue weighted by molar-refractivity contribution is 0.0600. The highest BCUT2D eigenvalue weighted by Gasteiger charge is 2.26. The highest BCUT2D eigenvalue weighted by atomic mass is 16.5. The Kier molecular flexibility index (Phi) is 3.82. The number of methoxy groups -OCH3 is 1. The maximum Gasteiger partial charge on any atom is 0.337 e. The molecule has 2 aromatic carbocycles. The zero-order valence-electron chi connectivity index (χ0n) is 12.6. The largest absolute Gasteiger partial charge is 0.465 e. The Morgan fingerprint density at radius 2 is 1.83 bits per heavy atom. The third-order valence-electron chi connectivity index (χ3n) is 3.90. The lowest BCUT2D eigenvalue weighted by atomic mass is 10.1. The van der Waals surface area contributed by atoms with Gasteiger partial charge in [0.05, 0.1) is 24.3 Å². The minimum Gasteiger partial charge on any atom is -0.465 e. The molecular weight excluding hydrogens is 292 g/mol. The van der Waals surface area contributed by atoms with Crippen LogP contribution in [0.4, 0.5) is 5.69 Å². The predicted octanol–water partition coefficient (Wildman–Crippen LogP) is 2.55. The molecule has 0 fully saturated rings. The maximum atomic E-state index is 12.6. The normalized spacial score (nSPS) is 12.4. The number of hydrogen-bond acceptors (Lipinski definition) is 4. The number of nitriles is 1. The van der Waals surface area contributed by atoms with Crippen LogP contribution in [-0.4, -0.2) is 25.5 Å². The number of ether oxygens (including phenoxy) is 1. The van der Waals surface area contributed by atoms with E-state index in [-0.39, 0.29) is 11.9 Å². The number of carbonyl (C=O) groups is 2. The third-order valence-corrected chi connectivity index (χ3v) is 3.90. The minimum absolute atomic E-state index is 0.112. The Morgan fingerprint density at radius 3 is 2.48 bits per heavy atom.